The highest BCUT2D eigenvalue weighted by Gasteiger charge is 2.21. The Morgan fingerprint density at radius 2 is 1.79 bits per heavy atom. The van der Waals surface area contributed by atoms with E-state index in [1.165, 1.54) is 11.6 Å². The van der Waals surface area contributed by atoms with Crippen LogP contribution in [0.3, 0.4) is 0 Å². The third kappa shape index (κ3) is 3.56. The predicted molar refractivity (Wildman–Crippen MR) is 113 cm³/mol. The molecule has 0 saturated carbocycles. The average molecular weight is 389 g/mol. The molecule has 1 aliphatic heterocycles. The Kier molecular flexibility index (Phi) is 4.64. The summed E-state index contributed by atoms with van der Waals surface area (Å²) in [6.07, 6.45) is 5.18. The van der Waals surface area contributed by atoms with E-state index >= 15 is 0 Å². The second-order valence-electron chi connectivity index (χ2n) is 7.94. The number of hydrogen-bond acceptors (Lipinski definition) is 4. The molecule has 2 N–H and O–H groups in total. The number of halogens is 1. The maximum absolute atomic E-state index is 14.1. The first kappa shape index (κ1) is 18.1. The van der Waals surface area contributed by atoms with Crippen LogP contribution in [0.5, 0.6) is 0 Å². The molecular formula is C23H24FN5. The number of imidazole rings is 1. The van der Waals surface area contributed by atoms with E-state index in [1.54, 1.807) is 10.5 Å². The maximum Gasteiger partial charge on any atom is 0.206 e. The van der Waals surface area contributed by atoms with Crippen molar-refractivity contribution < 1.29 is 4.39 Å². The molecule has 5 rings (SSSR count). The van der Waals surface area contributed by atoms with Gasteiger partial charge in [-0.1, -0.05) is 36.4 Å². The molecule has 0 atom stereocenters. The molecule has 148 valence electrons. The minimum atomic E-state index is -0.368. The number of hydrogen-bond donors (Lipinski definition) is 1. The number of fused-ring (bicyclic) bond motifs is 3. The van der Waals surface area contributed by atoms with Gasteiger partial charge in [-0.3, -0.25) is 9.30 Å². The van der Waals surface area contributed by atoms with Crippen molar-refractivity contribution in [1.82, 2.24) is 19.3 Å². The minimum absolute atomic E-state index is 0.272. The molecule has 0 aliphatic carbocycles. The minimum Gasteiger partial charge on any atom is -0.369 e. The van der Waals surface area contributed by atoms with E-state index in [2.05, 4.69) is 40.2 Å². The van der Waals surface area contributed by atoms with E-state index in [4.69, 9.17) is 10.7 Å². The number of anilines is 1. The standard InChI is InChI=1S/C23H24FN5/c24-20-8-4-7-19-21(20)27-23(25)29-15-18(26-22(19)29)13-16-9-11-28(12-10-16)14-17-5-2-1-3-6-17/h1-8,15-16H,9-14H2,(H2,25,27). The monoisotopic (exact) mass is 389 g/mol. The van der Waals surface area contributed by atoms with E-state index < -0.39 is 0 Å². The Morgan fingerprint density at radius 1 is 1.00 bits per heavy atom. The second-order valence-corrected chi connectivity index (χ2v) is 7.94. The van der Waals surface area contributed by atoms with E-state index in [0.717, 1.165) is 44.6 Å². The summed E-state index contributed by atoms with van der Waals surface area (Å²) in [6, 6.07) is 15.6. The molecule has 29 heavy (non-hydrogen) atoms. The second kappa shape index (κ2) is 7.44. The zero-order valence-corrected chi connectivity index (χ0v) is 16.3. The van der Waals surface area contributed by atoms with Crippen LogP contribution in [0.25, 0.3) is 16.6 Å². The first-order valence-corrected chi connectivity index (χ1v) is 10.2. The van der Waals surface area contributed by atoms with Crippen molar-refractivity contribution in [3.05, 3.63) is 71.8 Å². The van der Waals surface area contributed by atoms with Gasteiger partial charge in [0.15, 0.2) is 0 Å². The topological polar surface area (TPSA) is 59.5 Å². The van der Waals surface area contributed by atoms with Crippen LogP contribution in [-0.4, -0.2) is 32.4 Å². The number of rotatable bonds is 4. The summed E-state index contributed by atoms with van der Waals surface area (Å²) in [5.41, 5.74) is 9.40. The molecule has 1 fully saturated rings. The lowest BCUT2D eigenvalue weighted by molar-refractivity contribution is 0.176. The van der Waals surface area contributed by atoms with Crippen molar-refractivity contribution in [1.29, 1.82) is 0 Å². The summed E-state index contributed by atoms with van der Waals surface area (Å²) in [7, 11) is 0. The Bertz CT molecular complexity index is 1150. The quantitative estimate of drug-likeness (QED) is 0.572. The van der Waals surface area contributed by atoms with Gasteiger partial charge in [-0.05, 0) is 56.0 Å². The largest absolute Gasteiger partial charge is 0.369 e. The number of benzene rings is 2. The van der Waals surface area contributed by atoms with Crippen LogP contribution < -0.4 is 5.73 Å². The molecule has 1 aliphatic rings. The molecule has 0 unspecified atom stereocenters. The summed E-state index contributed by atoms with van der Waals surface area (Å²) in [4.78, 5) is 11.5. The van der Waals surface area contributed by atoms with E-state index in [1.807, 2.05) is 12.3 Å². The Hall–Kier alpha value is -2.99. The molecule has 3 heterocycles. The first-order chi connectivity index (χ1) is 14.2. The van der Waals surface area contributed by atoms with Crippen LogP contribution in [0.15, 0.2) is 54.7 Å². The molecule has 0 amide bonds. The number of nitrogens with zero attached hydrogens (tertiary/aromatic N) is 4. The van der Waals surface area contributed by atoms with Crippen LogP contribution in [0.2, 0.25) is 0 Å². The fourth-order valence-corrected chi connectivity index (χ4v) is 4.36. The molecule has 6 heteroatoms. The SMILES string of the molecule is Nc1nc2c(F)cccc2c2nc(CC3CCN(Cc4ccccc4)CC3)cn12. The van der Waals surface area contributed by atoms with Gasteiger partial charge in [0, 0.05) is 18.1 Å². The van der Waals surface area contributed by atoms with Gasteiger partial charge < -0.3 is 5.73 Å². The lowest BCUT2D eigenvalue weighted by Crippen LogP contribution is -2.33. The normalized spacial score (nSPS) is 16.0. The highest BCUT2D eigenvalue weighted by molar-refractivity contribution is 5.92. The molecule has 0 bridgehead atoms. The van der Waals surface area contributed by atoms with Crippen molar-refractivity contribution in [2.75, 3.05) is 18.8 Å². The van der Waals surface area contributed by atoms with Crippen molar-refractivity contribution in [3.63, 3.8) is 0 Å². The van der Waals surface area contributed by atoms with Gasteiger partial charge in [-0.2, -0.15) is 0 Å². The first-order valence-electron chi connectivity index (χ1n) is 10.2. The molecule has 0 spiro atoms. The van der Waals surface area contributed by atoms with Crippen LogP contribution in [0.4, 0.5) is 10.3 Å². The van der Waals surface area contributed by atoms with Gasteiger partial charge in [0.2, 0.25) is 5.95 Å². The van der Waals surface area contributed by atoms with Gasteiger partial charge in [0.05, 0.1) is 5.69 Å². The lowest BCUT2D eigenvalue weighted by atomic mass is 9.92. The maximum atomic E-state index is 14.1. The molecular weight excluding hydrogens is 365 g/mol. The number of nitrogens with two attached hydrogens (primary N) is 1. The van der Waals surface area contributed by atoms with Gasteiger partial charge in [-0.25, -0.2) is 14.4 Å². The van der Waals surface area contributed by atoms with Gasteiger partial charge >= 0.3 is 0 Å². The molecule has 0 radical (unpaired) electrons. The van der Waals surface area contributed by atoms with E-state index in [-0.39, 0.29) is 17.3 Å². The van der Waals surface area contributed by atoms with Gasteiger partial charge in [0.25, 0.3) is 0 Å². The van der Waals surface area contributed by atoms with Crippen molar-refractivity contribution in [3.8, 4) is 0 Å². The van der Waals surface area contributed by atoms with Crippen molar-refractivity contribution in [2.24, 2.45) is 5.92 Å². The summed E-state index contributed by atoms with van der Waals surface area (Å²) in [6.45, 7) is 3.22. The lowest BCUT2D eigenvalue weighted by Gasteiger charge is -2.31. The smallest absolute Gasteiger partial charge is 0.206 e. The van der Waals surface area contributed by atoms with Gasteiger partial charge in [-0.15, -0.1) is 0 Å². The van der Waals surface area contributed by atoms with E-state index in [0.29, 0.717) is 17.0 Å². The fraction of sp³-hybridized carbons (Fsp3) is 0.304. The molecule has 5 nitrogen and oxygen atoms in total. The molecule has 1 saturated heterocycles. The Morgan fingerprint density at radius 3 is 2.59 bits per heavy atom. The zero-order valence-electron chi connectivity index (χ0n) is 16.3. The highest BCUT2D eigenvalue weighted by Crippen LogP contribution is 2.26. The molecule has 2 aromatic carbocycles. The number of nitrogen functional groups attached to an aromatic ring is 1. The van der Waals surface area contributed by atoms with Crippen molar-refractivity contribution in [2.45, 2.75) is 25.8 Å². The predicted octanol–water partition coefficient (Wildman–Crippen LogP) is 4.06. The summed E-state index contributed by atoms with van der Waals surface area (Å²) in [5, 5.41) is 0.697. The third-order valence-electron chi connectivity index (χ3n) is 5.91. The number of piperidine rings is 1. The fourth-order valence-electron chi connectivity index (χ4n) is 4.36. The number of para-hydroxylation sites is 1. The molecule has 2 aromatic heterocycles. The summed E-state index contributed by atoms with van der Waals surface area (Å²) >= 11 is 0. The highest BCUT2D eigenvalue weighted by atomic mass is 19.1. The van der Waals surface area contributed by atoms with Crippen LogP contribution in [0, 0.1) is 11.7 Å². The Labute approximate surface area is 169 Å². The summed E-state index contributed by atoms with van der Waals surface area (Å²) < 4.78 is 15.9. The van der Waals surface area contributed by atoms with Crippen molar-refractivity contribution >= 4 is 22.5 Å². The zero-order chi connectivity index (χ0) is 19.8. The van der Waals surface area contributed by atoms with Crippen LogP contribution in [0.1, 0.15) is 24.1 Å². The van der Waals surface area contributed by atoms with E-state index in [9.17, 15) is 4.39 Å². The summed E-state index contributed by atoms with van der Waals surface area (Å²) in [5.74, 6) is 0.505. The van der Waals surface area contributed by atoms with Crippen LogP contribution in [-0.2, 0) is 13.0 Å². The average Bonchev–Trinajstić information content (AvgIpc) is 3.16. The number of aromatic nitrogens is 3. The Balaban J connectivity index is 1.31. The van der Waals surface area contributed by atoms with Crippen LogP contribution >= 0.6 is 0 Å². The van der Waals surface area contributed by atoms with Gasteiger partial charge in [0.1, 0.15) is 17.0 Å². The molecule has 4 aromatic rings. The third-order valence-corrected chi connectivity index (χ3v) is 5.91. The number of likely N-dealkylation sites (tertiary alicyclic amines) is 1.